The zero-order chi connectivity index (χ0) is 16.4. The maximum Gasteiger partial charge on any atom is 0.276 e. The van der Waals surface area contributed by atoms with Crippen molar-refractivity contribution in [3.63, 3.8) is 0 Å². The van der Waals surface area contributed by atoms with Gasteiger partial charge in [0.1, 0.15) is 0 Å². The van der Waals surface area contributed by atoms with E-state index in [1.807, 2.05) is 0 Å². The number of benzene rings is 1. The minimum Gasteiger partial charge on any atom is -0.321 e. The van der Waals surface area contributed by atoms with E-state index in [4.69, 9.17) is 0 Å². The van der Waals surface area contributed by atoms with E-state index in [1.165, 1.54) is 35.8 Å². The standard InChI is InChI=1S/C14H13N5O3S/c1-15-23(21,22)11-5-3-10(4-6-11)17-14(20)12-9-13-16-7-2-8-19(13)18-12/h2-9,15H,1H3,(H,17,20). The Morgan fingerprint density at radius 1 is 1.22 bits per heavy atom. The van der Waals surface area contributed by atoms with Gasteiger partial charge in [-0.05, 0) is 37.4 Å². The molecule has 0 fully saturated rings. The zero-order valence-corrected chi connectivity index (χ0v) is 12.9. The number of amides is 1. The van der Waals surface area contributed by atoms with Gasteiger partial charge in [-0.25, -0.2) is 22.6 Å². The highest BCUT2D eigenvalue weighted by atomic mass is 32.2. The summed E-state index contributed by atoms with van der Waals surface area (Å²) in [6.45, 7) is 0. The summed E-state index contributed by atoms with van der Waals surface area (Å²) in [5.74, 6) is -0.403. The van der Waals surface area contributed by atoms with Crippen molar-refractivity contribution < 1.29 is 13.2 Å². The largest absolute Gasteiger partial charge is 0.321 e. The van der Waals surface area contributed by atoms with Gasteiger partial charge in [0, 0.05) is 24.1 Å². The number of anilines is 1. The van der Waals surface area contributed by atoms with E-state index in [0.717, 1.165) is 0 Å². The van der Waals surface area contributed by atoms with Gasteiger partial charge in [-0.15, -0.1) is 0 Å². The summed E-state index contributed by atoms with van der Waals surface area (Å²) in [7, 11) is -2.16. The number of sulfonamides is 1. The molecule has 1 aromatic carbocycles. The predicted molar refractivity (Wildman–Crippen MR) is 83.6 cm³/mol. The first-order valence-electron chi connectivity index (χ1n) is 6.65. The normalized spacial score (nSPS) is 11.5. The maximum atomic E-state index is 12.2. The number of fused-ring (bicyclic) bond motifs is 1. The number of carbonyl (C=O) groups is 1. The van der Waals surface area contributed by atoms with Crippen LogP contribution in [0, 0.1) is 0 Å². The quantitative estimate of drug-likeness (QED) is 0.738. The molecule has 0 aliphatic rings. The first-order chi connectivity index (χ1) is 11.0. The molecular weight excluding hydrogens is 318 g/mol. The van der Waals surface area contributed by atoms with Crippen molar-refractivity contribution in [1.82, 2.24) is 19.3 Å². The predicted octanol–water partition coefficient (Wildman–Crippen LogP) is 0.890. The number of hydrogen-bond acceptors (Lipinski definition) is 5. The van der Waals surface area contributed by atoms with Gasteiger partial charge >= 0.3 is 0 Å². The highest BCUT2D eigenvalue weighted by Crippen LogP contribution is 2.14. The number of rotatable bonds is 4. The first-order valence-corrected chi connectivity index (χ1v) is 8.13. The van der Waals surface area contributed by atoms with Crippen molar-refractivity contribution in [2.75, 3.05) is 12.4 Å². The minimum atomic E-state index is -3.50. The molecule has 0 spiro atoms. The Morgan fingerprint density at radius 3 is 2.61 bits per heavy atom. The maximum absolute atomic E-state index is 12.2. The topological polar surface area (TPSA) is 105 Å². The third kappa shape index (κ3) is 3.05. The molecule has 0 aliphatic carbocycles. The molecular formula is C14H13N5O3S. The second-order valence-electron chi connectivity index (χ2n) is 4.64. The Labute approximate surface area is 132 Å². The molecule has 2 aromatic heterocycles. The van der Waals surface area contributed by atoms with Crippen molar-refractivity contribution in [3.05, 3.63) is 54.5 Å². The molecule has 0 saturated carbocycles. The lowest BCUT2D eigenvalue weighted by Crippen LogP contribution is -2.18. The molecule has 0 aliphatic heterocycles. The average molecular weight is 331 g/mol. The number of aromatic nitrogens is 3. The number of nitrogens with one attached hydrogen (secondary N) is 2. The van der Waals surface area contributed by atoms with Crippen molar-refractivity contribution in [2.45, 2.75) is 4.90 Å². The van der Waals surface area contributed by atoms with Crippen LogP contribution in [-0.2, 0) is 10.0 Å². The summed E-state index contributed by atoms with van der Waals surface area (Å²) in [5.41, 5.74) is 1.25. The lowest BCUT2D eigenvalue weighted by molar-refractivity contribution is 0.102. The van der Waals surface area contributed by atoms with Crippen LogP contribution in [0.25, 0.3) is 5.65 Å². The van der Waals surface area contributed by atoms with Gasteiger partial charge in [-0.2, -0.15) is 5.10 Å². The van der Waals surface area contributed by atoms with Gasteiger partial charge in [0.15, 0.2) is 11.3 Å². The fourth-order valence-electron chi connectivity index (χ4n) is 1.97. The zero-order valence-electron chi connectivity index (χ0n) is 12.1. The third-order valence-electron chi connectivity index (χ3n) is 3.16. The molecule has 1 amide bonds. The van der Waals surface area contributed by atoms with Crippen molar-refractivity contribution >= 4 is 27.3 Å². The second-order valence-corrected chi connectivity index (χ2v) is 6.52. The Bertz CT molecular complexity index is 931. The molecule has 118 valence electrons. The monoisotopic (exact) mass is 331 g/mol. The van der Waals surface area contributed by atoms with E-state index in [-0.39, 0.29) is 10.6 Å². The lowest BCUT2D eigenvalue weighted by atomic mass is 10.3. The van der Waals surface area contributed by atoms with E-state index in [0.29, 0.717) is 11.3 Å². The molecule has 2 heterocycles. The molecule has 0 atom stereocenters. The van der Waals surface area contributed by atoms with Crippen LogP contribution in [-0.4, -0.2) is 36.0 Å². The third-order valence-corrected chi connectivity index (χ3v) is 4.59. The van der Waals surface area contributed by atoms with Crippen LogP contribution >= 0.6 is 0 Å². The SMILES string of the molecule is CNS(=O)(=O)c1ccc(NC(=O)c2cc3ncccn3n2)cc1. The van der Waals surface area contributed by atoms with Crippen LogP contribution in [0.4, 0.5) is 5.69 Å². The van der Waals surface area contributed by atoms with Gasteiger partial charge < -0.3 is 5.32 Å². The molecule has 0 saturated heterocycles. The minimum absolute atomic E-state index is 0.120. The molecule has 3 rings (SSSR count). The van der Waals surface area contributed by atoms with Crippen LogP contribution in [0.3, 0.4) is 0 Å². The van der Waals surface area contributed by atoms with Gasteiger partial charge in [0.2, 0.25) is 10.0 Å². The summed E-state index contributed by atoms with van der Waals surface area (Å²) >= 11 is 0. The highest BCUT2D eigenvalue weighted by molar-refractivity contribution is 7.89. The highest BCUT2D eigenvalue weighted by Gasteiger charge is 2.13. The summed E-state index contributed by atoms with van der Waals surface area (Å²) in [6.07, 6.45) is 3.30. The fraction of sp³-hybridized carbons (Fsp3) is 0.0714. The summed E-state index contributed by atoms with van der Waals surface area (Å²) in [6, 6.07) is 9.11. The molecule has 3 aromatic rings. The second kappa shape index (κ2) is 5.78. The molecule has 0 unspecified atom stereocenters. The van der Waals surface area contributed by atoms with E-state index >= 15 is 0 Å². The molecule has 9 heteroatoms. The Kier molecular flexibility index (Phi) is 3.80. The molecule has 23 heavy (non-hydrogen) atoms. The molecule has 0 radical (unpaired) electrons. The van der Waals surface area contributed by atoms with Crippen molar-refractivity contribution in [3.8, 4) is 0 Å². The van der Waals surface area contributed by atoms with Crippen LogP contribution in [0.1, 0.15) is 10.5 Å². The number of nitrogens with zero attached hydrogens (tertiary/aromatic N) is 3. The summed E-state index contributed by atoms with van der Waals surface area (Å²) in [5, 5.41) is 6.77. The van der Waals surface area contributed by atoms with Crippen LogP contribution in [0.2, 0.25) is 0 Å². The first kappa shape index (κ1) is 15.1. The number of hydrogen-bond donors (Lipinski definition) is 2. The van der Waals surface area contributed by atoms with E-state index in [1.54, 1.807) is 24.5 Å². The Hall–Kier alpha value is -2.78. The van der Waals surface area contributed by atoms with Gasteiger partial charge in [0.05, 0.1) is 4.90 Å². The van der Waals surface area contributed by atoms with E-state index < -0.39 is 15.9 Å². The average Bonchev–Trinajstić information content (AvgIpc) is 2.99. The van der Waals surface area contributed by atoms with Gasteiger partial charge in [0.25, 0.3) is 5.91 Å². The van der Waals surface area contributed by atoms with E-state index in [9.17, 15) is 13.2 Å². The Morgan fingerprint density at radius 2 is 1.96 bits per heavy atom. The van der Waals surface area contributed by atoms with E-state index in [2.05, 4.69) is 20.1 Å². The van der Waals surface area contributed by atoms with Gasteiger partial charge in [-0.3, -0.25) is 4.79 Å². The smallest absolute Gasteiger partial charge is 0.276 e. The van der Waals surface area contributed by atoms with Crippen LogP contribution < -0.4 is 10.0 Å². The fourth-order valence-corrected chi connectivity index (χ4v) is 2.70. The summed E-state index contributed by atoms with van der Waals surface area (Å²) < 4.78 is 27.0. The van der Waals surface area contributed by atoms with Crippen LogP contribution in [0.15, 0.2) is 53.7 Å². The molecule has 8 nitrogen and oxygen atoms in total. The number of carbonyl (C=O) groups excluding carboxylic acids is 1. The lowest BCUT2D eigenvalue weighted by Gasteiger charge is -2.05. The van der Waals surface area contributed by atoms with Crippen LogP contribution in [0.5, 0.6) is 0 Å². The molecule has 0 bridgehead atoms. The molecule has 2 N–H and O–H groups in total. The Balaban J connectivity index is 1.80. The summed E-state index contributed by atoms with van der Waals surface area (Å²) in [4.78, 5) is 16.4. The van der Waals surface area contributed by atoms with Gasteiger partial charge in [-0.1, -0.05) is 0 Å². The van der Waals surface area contributed by atoms with Crippen molar-refractivity contribution in [1.29, 1.82) is 0 Å². The van der Waals surface area contributed by atoms with Crippen molar-refractivity contribution in [2.24, 2.45) is 0 Å².